The quantitative estimate of drug-likeness (QED) is 0.163. The van der Waals surface area contributed by atoms with E-state index in [-0.39, 0.29) is 17.9 Å². The molecular formula is C25H30ClN3O4. The lowest BCUT2D eigenvalue weighted by atomic mass is 9.85. The third-order valence-corrected chi connectivity index (χ3v) is 5.80. The van der Waals surface area contributed by atoms with E-state index in [1.807, 2.05) is 43.5 Å². The van der Waals surface area contributed by atoms with E-state index in [0.29, 0.717) is 11.5 Å². The first-order valence-corrected chi connectivity index (χ1v) is 11.3. The van der Waals surface area contributed by atoms with Gasteiger partial charge in [0, 0.05) is 36.7 Å². The summed E-state index contributed by atoms with van der Waals surface area (Å²) in [5.41, 5.74) is 11.4. The molecule has 0 spiro atoms. The number of anilines is 2. The van der Waals surface area contributed by atoms with E-state index in [0.717, 1.165) is 47.3 Å². The van der Waals surface area contributed by atoms with Crippen molar-refractivity contribution in [1.29, 1.82) is 0 Å². The molecule has 2 atom stereocenters. The fourth-order valence-corrected chi connectivity index (χ4v) is 4.03. The van der Waals surface area contributed by atoms with Gasteiger partial charge in [-0.05, 0) is 47.2 Å². The van der Waals surface area contributed by atoms with Gasteiger partial charge in [-0.1, -0.05) is 54.4 Å². The first kappa shape index (κ1) is 24.8. The molecule has 1 amide bonds. The number of carbonyl (C=O) groups excluding carboxylic acids is 1. The van der Waals surface area contributed by atoms with Crippen LogP contribution < -0.4 is 16.4 Å². The average Bonchev–Trinajstić information content (AvgIpc) is 2.82. The molecule has 2 aromatic rings. The third-order valence-electron chi connectivity index (χ3n) is 5.59. The van der Waals surface area contributed by atoms with Crippen LogP contribution in [0, 0.1) is 0 Å². The summed E-state index contributed by atoms with van der Waals surface area (Å²) in [4.78, 5) is 21.6. The Balaban J connectivity index is 1.93. The smallest absolute Gasteiger partial charge is 0.224 e. The number of hydrogen-bond acceptors (Lipinski definition) is 6. The van der Waals surface area contributed by atoms with E-state index in [1.165, 1.54) is 13.4 Å². The van der Waals surface area contributed by atoms with Gasteiger partial charge in [0.05, 0.1) is 17.8 Å². The summed E-state index contributed by atoms with van der Waals surface area (Å²) in [6, 6.07) is 14.0. The van der Waals surface area contributed by atoms with Crippen molar-refractivity contribution in [1.82, 2.24) is 0 Å². The van der Waals surface area contributed by atoms with Gasteiger partial charge in [0.1, 0.15) is 0 Å². The van der Waals surface area contributed by atoms with Crippen molar-refractivity contribution in [2.45, 2.75) is 37.6 Å². The van der Waals surface area contributed by atoms with E-state index >= 15 is 0 Å². The Hall–Kier alpha value is -2.84. The molecule has 1 heterocycles. The Labute approximate surface area is 199 Å². The highest BCUT2D eigenvalue weighted by molar-refractivity contribution is 6.31. The standard InChI is InChI=1S/C25H30ClN3O4/c1-28-20-11-12-22-18-7-5-6-17(14-18)21(8-3-4-9-25(30)29-24(22)15-20)23(27)13-10-19(26)16-32-33-31-2/h5-7,10-16,21,23,28H,3-4,8-9,27H2,1-2H3,(H,29,30)/b13-10-,19-16+. The van der Waals surface area contributed by atoms with Gasteiger partial charge >= 0.3 is 0 Å². The molecule has 2 bridgehead atoms. The highest BCUT2D eigenvalue weighted by Gasteiger charge is 2.20. The molecule has 7 nitrogen and oxygen atoms in total. The van der Waals surface area contributed by atoms with Crippen LogP contribution in [0.25, 0.3) is 11.1 Å². The van der Waals surface area contributed by atoms with Crippen LogP contribution in [-0.4, -0.2) is 26.1 Å². The van der Waals surface area contributed by atoms with E-state index in [9.17, 15) is 4.79 Å². The monoisotopic (exact) mass is 471 g/mol. The van der Waals surface area contributed by atoms with Gasteiger partial charge < -0.3 is 21.3 Å². The number of rotatable bonds is 7. The molecule has 33 heavy (non-hydrogen) atoms. The Morgan fingerprint density at radius 1 is 1.27 bits per heavy atom. The Morgan fingerprint density at radius 2 is 2.12 bits per heavy atom. The van der Waals surface area contributed by atoms with Crippen molar-refractivity contribution in [3.8, 4) is 11.1 Å². The van der Waals surface area contributed by atoms with Crippen LogP contribution >= 0.6 is 11.6 Å². The normalized spacial score (nSPS) is 18.0. The minimum absolute atomic E-state index is 0.0113. The maximum atomic E-state index is 12.6. The van der Waals surface area contributed by atoms with Gasteiger partial charge in [-0.2, -0.15) is 4.89 Å². The van der Waals surface area contributed by atoms with Gasteiger partial charge in [0.2, 0.25) is 5.91 Å². The number of nitrogens with one attached hydrogen (secondary N) is 2. The molecule has 0 saturated carbocycles. The van der Waals surface area contributed by atoms with Crippen LogP contribution in [-0.2, 0) is 19.6 Å². The predicted octanol–water partition coefficient (Wildman–Crippen LogP) is 5.46. The summed E-state index contributed by atoms with van der Waals surface area (Å²) in [6.07, 6.45) is 7.69. The number of fused-ring (bicyclic) bond motifs is 4. The second kappa shape index (κ2) is 12.4. The van der Waals surface area contributed by atoms with Crippen LogP contribution in [0.3, 0.4) is 0 Å². The zero-order valence-electron chi connectivity index (χ0n) is 18.8. The number of nitrogens with two attached hydrogens (primary N) is 1. The molecule has 0 aliphatic carbocycles. The van der Waals surface area contributed by atoms with Gasteiger partial charge in [-0.15, -0.1) is 0 Å². The molecule has 176 valence electrons. The van der Waals surface area contributed by atoms with Gasteiger partial charge in [0.25, 0.3) is 0 Å². The molecule has 1 aliphatic rings. The fraction of sp³-hybridized carbons (Fsp3) is 0.320. The van der Waals surface area contributed by atoms with Gasteiger partial charge in [-0.25, -0.2) is 0 Å². The third kappa shape index (κ3) is 7.07. The maximum Gasteiger partial charge on any atom is 0.224 e. The van der Waals surface area contributed by atoms with Gasteiger partial charge in [-0.3, -0.25) is 4.79 Å². The Kier molecular flexibility index (Phi) is 9.33. The highest BCUT2D eigenvalue weighted by Crippen LogP contribution is 2.35. The number of hydrogen-bond donors (Lipinski definition) is 3. The number of carbonyl (C=O) groups is 1. The summed E-state index contributed by atoms with van der Waals surface area (Å²) in [5.74, 6) is 0.0708. The number of allylic oxidation sites excluding steroid dienone is 2. The topological polar surface area (TPSA) is 94.8 Å². The van der Waals surface area contributed by atoms with Crippen molar-refractivity contribution >= 4 is 28.9 Å². The second-order valence-corrected chi connectivity index (χ2v) is 8.24. The average molecular weight is 472 g/mol. The summed E-state index contributed by atoms with van der Waals surface area (Å²) >= 11 is 6.12. The molecular weight excluding hydrogens is 442 g/mol. The predicted molar refractivity (Wildman–Crippen MR) is 131 cm³/mol. The molecule has 2 aromatic carbocycles. The Bertz CT molecular complexity index is 1010. The summed E-state index contributed by atoms with van der Waals surface area (Å²) in [7, 11) is 3.18. The van der Waals surface area contributed by atoms with Crippen LogP contribution in [0.4, 0.5) is 11.4 Å². The summed E-state index contributed by atoms with van der Waals surface area (Å²) in [6.45, 7) is 0. The minimum Gasteiger partial charge on any atom is -0.388 e. The minimum atomic E-state index is -0.284. The molecule has 8 heteroatoms. The largest absolute Gasteiger partial charge is 0.388 e. The maximum absolute atomic E-state index is 12.6. The molecule has 0 aromatic heterocycles. The molecule has 0 fully saturated rings. The van der Waals surface area contributed by atoms with E-state index in [2.05, 4.69) is 37.6 Å². The van der Waals surface area contributed by atoms with Crippen molar-refractivity contribution in [3.63, 3.8) is 0 Å². The second-order valence-electron chi connectivity index (χ2n) is 7.81. The molecule has 0 saturated heterocycles. The highest BCUT2D eigenvalue weighted by atomic mass is 35.5. The zero-order valence-corrected chi connectivity index (χ0v) is 19.6. The van der Waals surface area contributed by atoms with Crippen LogP contribution in [0.1, 0.15) is 37.2 Å². The number of benzene rings is 2. The molecule has 0 radical (unpaired) electrons. The zero-order chi connectivity index (χ0) is 23.6. The van der Waals surface area contributed by atoms with Gasteiger partial charge in [0.15, 0.2) is 6.26 Å². The van der Waals surface area contributed by atoms with E-state index < -0.39 is 0 Å². The van der Waals surface area contributed by atoms with Crippen molar-refractivity contribution in [3.05, 3.63) is 71.5 Å². The molecule has 3 rings (SSSR count). The van der Waals surface area contributed by atoms with Crippen molar-refractivity contribution in [2.75, 3.05) is 24.8 Å². The lowest BCUT2D eigenvalue weighted by Crippen LogP contribution is -2.26. The Morgan fingerprint density at radius 3 is 2.91 bits per heavy atom. The lowest BCUT2D eigenvalue weighted by Gasteiger charge is -2.24. The fourth-order valence-electron chi connectivity index (χ4n) is 3.92. The van der Waals surface area contributed by atoms with Crippen LogP contribution in [0.2, 0.25) is 0 Å². The molecule has 1 aliphatic heterocycles. The first-order valence-electron chi connectivity index (χ1n) is 10.9. The SMILES string of the molecule is CNc1ccc2c(c1)NC(=O)CCCCC(C(N)/C=C\C(Cl)=C/OOOC)c1cccc-2c1. The van der Waals surface area contributed by atoms with Crippen LogP contribution in [0.15, 0.2) is 65.9 Å². The first-order chi connectivity index (χ1) is 16.0. The van der Waals surface area contributed by atoms with E-state index in [1.54, 1.807) is 6.08 Å². The summed E-state index contributed by atoms with van der Waals surface area (Å²) in [5, 5.41) is 10.9. The number of halogens is 1. The van der Waals surface area contributed by atoms with Crippen molar-refractivity contribution in [2.24, 2.45) is 5.73 Å². The lowest BCUT2D eigenvalue weighted by molar-refractivity contribution is -0.478. The van der Waals surface area contributed by atoms with Crippen LogP contribution in [0.5, 0.6) is 0 Å². The number of amides is 1. The van der Waals surface area contributed by atoms with E-state index in [4.69, 9.17) is 17.3 Å². The van der Waals surface area contributed by atoms with Crippen molar-refractivity contribution < 1.29 is 19.6 Å². The summed E-state index contributed by atoms with van der Waals surface area (Å²) < 4.78 is 0. The molecule has 2 unspecified atom stereocenters. The molecule has 4 N–H and O–H groups in total.